The third kappa shape index (κ3) is 2.57. The molecule has 92 valence electrons. The van der Waals surface area contributed by atoms with Crippen molar-refractivity contribution in [2.75, 3.05) is 5.43 Å². The number of nitrogens with zero attached hydrogens (tertiary/aromatic N) is 1. The number of hydrogen-bond donors (Lipinski definition) is 2. The van der Waals surface area contributed by atoms with Gasteiger partial charge in [-0.1, -0.05) is 12.1 Å². The summed E-state index contributed by atoms with van der Waals surface area (Å²) in [5.41, 5.74) is 3.98. The molecule has 2 N–H and O–H groups in total. The first-order chi connectivity index (χ1) is 8.68. The van der Waals surface area contributed by atoms with Gasteiger partial charge < -0.3 is 9.52 Å². The number of nitrogens with one attached hydrogen (secondary N) is 1. The zero-order valence-electron chi connectivity index (χ0n) is 9.75. The minimum Gasteiger partial charge on any atom is -0.478 e. The second-order valence-corrected chi connectivity index (χ2v) is 3.64. The van der Waals surface area contributed by atoms with Crippen molar-refractivity contribution in [3.05, 3.63) is 54.0 Å². The maximum atomic E-state index is 11.0. The smallest absolute Gasteiger partial charge is 0.337 e. The second kappa shape index (κ2) is 5.18. The minimum atomic E-state index is -0.996. The quantitative estimate of drug-likeness (QED) is 0.640. The summed E-state index contributed by atoms with van der Waals surface area (Å²) in [6.45, 7) is 1.77. The molecule has 0 saturated heterocycles. The van der Waals surface area contributed by atoms with E-state index in [0.717, 1.165) is 0 Å². The third-order valence-corrected chi connectivity index (χ3v) is 2.38. The number of hydrogen-bond acceptors (Lipinski definition) is 4. The summed E-state index contributed by atoms with van der Waals surface area (Å²) in [5.74, 6) is -0.362. The Hall–Kier alpha value is -2.56. The van der Waals surface area contributed by atoms with E-state index in [2.05, 4.69) is 10.5 Å². The van der Waals surface area contributed by atoms with Crippen LogP contribution in [0.25, 0.3) is 0 Å². The molecule has 0 aliphatic rings. The van der Waals surface area contributed by atoms with Crippen LogP contribution in [0, 0.1) is 0 Å². The number of aromatic carboxylic acids is 1. The van der Waals surface area contributed by atoms with E-state index in [9.17, 15) is 4.79 Å². The van der Waals surface area contributed by atoms with Crippen molar-refractivity contribution in [2.45, 2.75) is 6.92 Å². The molecule has 0 radical (unpaired) electrons. The van der Waals surface area contributed by atoms with Gasteiger partial charge in [-0.2, -0.15) is 5.10 Å². The molecule has 1 aromatic carbocycles. The van der Waals surface area contributed by atoms with Gasteiger partial charge in [-0.25, -0.2) is 4.79 Å². The molecule has 0 atom stereocenters. The Labute approximate surface area is 104 Å². The van der Waals surface area contributed by atoms with Crippen molar-refractivity contribution >= 4 is 17.4 Å². The average molecular weight is 244 g/mol. The van der Waals surface area contributed by atoms with E-state index in [0.29, 0.717) is 17.2 Å². The molecule has 0 amide bonds. The van der Waals surface area contributed by atoms with Crippen molar-refractivity contribution in [3.8, 4) is 0 Å². The standard InChI is InChI=1S/C13H12N2O3/c1-9(12-7-4-8-18-12)14-15-11-6-3-2-5-10(11)13(16)17/h2-8,15H,1H3,(H,16,17). The Balaban J connectivity index is 2.20. The number of carbonyl (C=O) groups is 1. The molecule has 18 heavy (non-hydrogen) atoms. The van der Waals surface area contributed by atoms with Crippen LogP contribution in [-0.2, 0) is 0 Å². The third-order valence-electron chi connectivity index (χ3n) is 2.38. The van der Waals surface area contributed by atoms with Crippen molar-refractivity contribution in [1.82, 2.24) is 0 Å². The lowest BCUT2D eigenvalue weighted by molar-refractivity contribution is 0.0698. The monoisotopic (exact) mass is 244 g/mol. The summed E-state index contributed by atoms with van der Waals surface area (Å²) < 4.78 is 5.17. The predicted molar refractivity (Wildman–Crippen MR) is 67.9 cm³/mol. The van der Waals surface area contributed by atoms with E-state index in [1.54, 1.807) is 43.5 Å². The number of carboxylic acid groups (broad SMARTS) is 1. The van der Waals surface area contributed by atoms with Crippen LogP contribution in [0.1, 0.15) is 23.0 Å². The van der Waals surface area contributed by atoms with Gasteiger partial charge in [-0.15, -0.1) is 0 Å². The van der Waals surface area contributed by atoms with Crippen LogP contribution in [0.4, 0.5) is 5.69 Å². The fourth-order valence-electron chi connectivity index (χ4n) is 1.45. The van der Waals surface area contributed by atoms with Gasteiger partial charge in [0, 0.05) is 0 Å². The normalized spacial score (nSPS) is 11.3. The van der Waals surface area contributed by atoms with Crippen LogP contribution in [0.2, 0.25) is 0 Å². The molecule has 2 rings (SSSR count). The number of furan rings is 1. The zero-order chi connectivity index (χ0) is 13.0. The lowest BCUT2D eigenvalue weighted by Crippen LogP contribution is -2.04. The summed E-state index contributed by atoms with van der Waals surface area (Å²) in [4.78, 5) is 11.0. The van der Waals surface area contributed by atoms with Crippen molar-refractivity contribution in [1.29, 1.82) is 0 Å². The molecular weight excluding hydrogens is 232 g/mol. The van der Waals surface area contributed by atoms with E-state index in [1.165, 1.54) is 6.07 Å². The summed E-state index contributed by atoms with van der Waals surface area (Å²) in [6.07, 6.45) is 1.56. The first-order valence-electron chi connectivity index (χ1n) is 5.35. The topological polar surface area (TPSA) is 74.8 Å². The molecule has 5 nitrogen and oxygen atoms in total. The van der Waals surface area contributed by atoms with Crippen molar-refractivity contribution in [2.24, 2.45) is 5.10 Å². The largest absolute Gasteiger partial charge is 0.478 e. The highest BCUT2D eigenvalue weighted by Gasteiger charge is 2.08. The van der Waals surface area contributed by atoms with E-state index in [4.69, 9.17) is 9.52 Å². The number of benzene rings is 1. The Morgan fingerprint density at radius 2 is 2.06 bits per heavy atom. The highest BCUT2D eigenvalue weighted by atomic mass is 16.4. The van der Waals surface area contributed by atoms with E-state index >= 15 is 0 Å². The molecule has 0 fully saturated rings. The van der Waals surface area contributed by atoms with E-state index in [1.807, 2.05) is 0 Å². The number of para-hydroxylation sites is 1. The maximum Gasteiger partial charge on any atom is 0.337 e. The maximum absolute atomic E-state index is 11.0. The average Bonchev–Trinajstić information content (AvgIpc) is 2.90. The van der Waals surface area contributed by atoms with Gasteiger partial charge >= 0.3 is 5.97 Å². The van der Waals surface area contributed by atoms with Crippen LogP contribution in [-0.4, -0.2) is 16.8 Å². The molecule has 1 heterocycles. The van der Waals surface area contributed by atoms with Crippen LogP contribution < -0.4 is 5.43 Å². The van der Waals surface area contributed by atoms with Crippen LogP contribution in [0.3, 0.4) is 0 Å². The van der Waals surface area contributed by atoms with Crippen LogP contribution >= 0.6 is 0 Å². The Morgan fingerprint density at radius 3 is 2.72 bits per heavy atom. The highest BCUT2D eigenvalue weighted by molar-refractivity contribution is 5.97. The van der Waals surface area contributed by atoms with Gasteiger partial charge in [0.2, 0.25) is 0 Å². The fraction of sp³-hybridized carbons (Fsp3) is 0.0769. The summed E-state index contributed by atoms with van der Waals surface area (Å²) in [7, 11) is 0. The number of anilines is 1. The van der Waals surface area contributed by atoms with Gasteiger partial charge in [0.1, 0.15) is 11.5 Å². The van der Waals surface area contributed by atoms with Crippen LogP contribution in [0.15, 0.2) is 52.2 Å². The SMILES string of the molecule is CC(=NNc1ccccc1C(=O)O)c1ccco1. The Bertz CT molecular complexity index is 574. The van der Waals surface area contributed by atoms with Gasteiger partial charge in [0.15, 0.2) is 0 Å². The Kier molecular flexibility index (Phi) is 3.43. The van der Waals surface area contributed by atoms with Gasteiger partial charge in [-0.05, 0) is 31.2 Å². The summed E-state index contributed by atoms with van der Waals surface area (Å²) in [5, 5.41) is 13.1. The number of carboxylic acids is 1. The van der Waals surface area contributed by atoms with Gasteiger partial charge in [0.25, 0.3) is 0 Å². The lowest BCUT2D eigenvalue weighted by atomic mass is 10.2. The molecule has 0 aliphatic heterocycles. The minimum absolute atomic E-state index is 0.175. The predicted octanol–water partition coefficient (Wildman–Crippen LogP) is 2.81. The van der Waals surface area contributed by atoms with Crippen molar-refractivity contribution < 1.29 is 14.3 Å². The number of rotatable bonds is 4. The first kappa shape index (κ1) is 11.9. The molecule has 5 heteroatoms. The molecule has 0 spiro atoms. The first-order valence-corrected chi connectivity index (χ1v) is 5.35. The Morgan fingerprint density at radius 1 is 1.28 bits per heavy atom. The molecule has 0 bridgehead atoms. The molecule has 0 aliphatic carbocycles. The summed E-state index contributed by atoms with van der Waals surface area (Å²) >= 11 is 0. The molecule has 0 unspecified atom stereocenters. The number of hydrazone groups is 1. The van der Waals surface area contributed by atoms with Crippen molar-refractivity contribution in [3.63, 3.8) is 0 Å². The van der Waals surface area contributed by atoms with Gasteiger partial charge in [0.05, 0.1) is 17.5 Å². The second-order valence-electron chi connectivity index (χ2n) is 3.64. The van der Waals surface area contributed by atoms with E-state index in [-0.39, 0.29) is 5.56 Å². The fourth-order valence-corrected chi connectivity index (χ4v) is 1.45. The molecular formula is C13H12N2O3. The molecule has 2 aromatic rings. The van der Waals surface area contributed by atoms with Gasteiger partial charge in [-0.3, -0.25) is 5.43 Å². The molecule has 0 saturated carbocycles. The molecule has 1 aromatic heterocycles. The zero-order valence-corrected chi connectivity index (χ0v) is 9.75. The highest BCUT2D eigenvalue weighted by Crippen LogP contribution is 2.15. The van der Waals surface area contributed by atoms with Crippen LogP contribution in [0.5, 0.6) is 0 Å². The summed E-state index contributed by atoms with van der Waals surface area (Å²) in [6, 6.07) is 10.1. The van der Waals surface area contributed by atoms with E-state index < -0.39 is 5.97 Å². The lowest BCUT2D eigenvalue weighted by Gasteiger charge is -2.05.